The average molecular weight is 375 g/mol. The summed E-state index contributed by atoms with van der Waals surface area (Å²) in [5.41, 5.74) is 1.20. The summed E-state index contributed by atoms with van der Waals surface area (Å²) in [6.07, 6.45) is 10.8. The smallest absolute Gasteiger partial charge is 0.130 e. The number of aryl methyl sites for hydroxylation is 1. The Morgan fingerprint density at radius 2 is 1.67 bits per heavy atom. The molecule has 0 radical (unpaired) electrons. The van der Waals surface area contributed by atoms with Crippen LogP contribution in [-0.4, -0.2) is 50.0 Å². The van der Waals surface area contributed by atoms with Gasteiger partial charge in [-0.15, -0.1) is 0 Å². The van der Waals surface area contributed by atoms with Gasteiger partial charge in [0.25, 0.3) is 0 Å². The number of Topliss-reactive ketones (excluding diaryl/α,β-unsaturated/α-hetero) is 1. The number of rotatable bonds is 8. The van der Waals surface area contributed by atoms with Gasteiger partial charge in [-0.1, -0.05) is 25.0 Å². The van der Waals surface area contributed by atoms with Crippen LogP contribution in [0.1, 0.15) is 63.9 Å². The molecule has 1 aromatic carbocycles. The van der Waals surface area contributed by atoms with Crippen LogP contribution in [0.3, 0.4) is 0 Å². The second-order valence-electron chi connectivity index (χ2n) is 7.76. The van der Waals surface area contributed by atoms with Gasteiger partial charge in [-0.3, -0.25) is 0 Å². The first-order valence-corrected chi connectivity index (χ1v) is 10.9. The quantitative estimate of drug-likeness (QED) is 0.692. The van der Waals surface area contributed by atoms with Crippen molar-refractivity contribution >= 4 is 5.78 Å². The number of ether oxygens (including phenoxy) is 1. The van der Waals surface area contributed by atoms with Gasteiger partial charge in [-0.2, -0.15) is 0 Å². The van der Waals surface area contributed by atoms with Crippen LogP contribution in [0.2, 0.25) is 0 Å². The maximum atomic E-state index is 11.0. The molecule has 0 amide bonds. The number of nitrogens with zero attached hydrogens (tertiary/aromatic N) is 1. The third-order valence-corrected chi connectivity index (χ3v) is 5.23. The molecule has 0 atom stereocenters. The number of likely N-dealkylation sites (tertiary alicyclic amines) is 1. The monoisotopic (exact) mass is 374 g/mol. The van der Waals surface area contributed by atoms with Crippen molar-refractivity contribution in [3.8, 4) is 5.75 Å². The molecule has 4 heteroatoms. The molecule has 2 aliphatic rings. The van der Waals surface area contributed by atoms with Crippen LogP contribution < -0.4 is 10.1 Å². The Bertz CT molecular complexity index is 494. The van der Waals surface area contributed by atoms with Crippen molar-refractivity contribution in [3.63, 3.8) is 0 Å². The lowest BCUT2D eigenvalue weighted by atomic mass is 10.1. The maximum absolute atomic E-state index is 11.0. The van der Waals surface area contributed by atoms with Crippen LogP contribution in [0, 0.1) is 0 Å². The molecule has 0 bridgehead atoms. The minimum Gasteiger partial charge on any atom is -0.494 e. The largest absolute Gasteiger partial charge is 0.494 e. The molecule has 3 rings (SSSR count). The highest BCUT2D eigenvalue weighted by atomic mass is 16.5. The van der Waals surface area contributed by atoms with Crippen molar-refractivity contribution < 1.29 is 9.53 Å². The van der Waals surface area contributed by atoms with Crippen molar-refractivity contribution in [2.45, 2.75) is 64.7 Å². The molecule has 152 valence electrons. The summed E-state index contributed by atoms with van der Waals surface area (Å²) < 4.78 is 5.78. The van der Waals surface area contributed by atoms with E-state index >= 15 is 0 Å². The number of benzene rings is 1. The molecular formula is C23H38N2O2. The van der Waals surface area contributed by atoms with Gasteiger partial charge in [0.05, 0.1) is 6.61 Å². The number of carbonyl (C=O) groups is 1. The van der Waals surface area contributed by atoms with Gasteiger partial charge in [0.15, 0.2) is 0 Å². The molecule has 0 aromatic heterocycles. The van der Waals surface area contributed by atoms with Crippen LogP contribution in [0.5, 0.6) is 5.75 Å². The lowest BCUT2D eigenvalue weighted by Gasteiger charge is -2.26. The number of carbonyl (C=O) groups excluding carboxylic acids is 1. The molecule has 2 saturated heterocycles. The third kappa shape index (κ3) is 10.5. The molecule has 0 spiro atoms. The zero-order valence-corrected chi connectivity index (χ0v) is 17.2. The fourth-order valence-electron chi connectivity index (χ4n) is 3.54. The summed E-state index contributed by atoms with van der Waals surface area (Å²) in [7, 11) is 0. The van der Waals surface area contributed by atoms with Gasteiger partial charge < -0.3 is 19.7 Å². The van der Waals surface area contributed by atoms with E-state index in [2.05, 4.69) is 22.3 Å². The Balaban J connectivity index is 0.000000369. The van der Waals surface area contributed by atoms with Crippen molar-refractivity contribution in [1.29, 1.82) is 0 Å². The van der Waals surface area contributed by atoms with Crippen molar-refractivity contribution in [2.24, 2.45) is 0 Å². The van der Waals surface area contributed by atoms with E-state index in [1.165, 1.54) is 70.3 Å². The van der Waals surface area contributed by atoms with Gasteiger partial charge >= 0.3 is 0 Å². The summed E-state index contributed by atoms with van der Waals surface area (Å²) in [6, 6.07) is 8.14. The molecule has 1 N–H and O–H groups in total. The zero-order chi connectivity index (χ0) is 19.2. The van der Waals surface area contributed by atoms with E-state index in [-0.39, 0.29) is 5.78 Å². The maximum Gasteiger partial charge on any atom is 0.130 e. The second-order valence-corrected chi connectivity index (χ2v) is 7.76. The van der Waals surface area contributed by atoms with Crippen LogP contribution in [0.25, 0.3) is 0 Å². The predicted octanol–water partition coefficient (Wildman–Crippen LogP) is 4.22. The van der Waals surface area contributed by atoms with Crippen LogP contribution in [0.4, 0.5) is 0 Å². The van der Waals surface area contributed by atoms with Crippen molar-refractivity contribution in [1.82, 2.24) is 10.2 Å². The van der Waals surface area contributed by atoms with E-state index in [1.54, 1.807) is 6.92 Å². The Hall–Kier alpha value is -1.39. The first-order chi connectivity index (χ1) is 13.2. The summed E-state index contributed by atoms with van der Waals surface area (Å²) in [5, 5.41) is 3.28. The van der Waals surface area contributed by atoms with Crippen molar-refractivity contribution in [2.75, 3.05) is 39.3 Å². The van der Waals surface area contributed by atoms with E-state index < -0.39 is 0 Å². The Labute approximate surface area is 165 Å². The van der Waals surface area contributed by atoms with E-state index in [0.717, 1.165) is 31.7 Å². The minimum atomic E-state index is 0.244. The molecule has 4 nitrogen and oxygen atoms in total. The number of ketones is 1. The number of hydrogen-bond acceptors (Lipinski definition) is 4. The number of nitrogens with one attached hydrogen (secondary N) is 1. The van der Waals surface area contributed by atoms with Crippen LogP contribution in [-0.2, 0) is 11.2 Å². The molecule has 2 aliphatic heterocycles. The average Bonchev–Trinajstić information content (AvgIpc) is 2.73. The highest BCUT2D eigenvalue weighted by Gasteiger charge is 2.09. The number of piperidine rings is 2. The predicted molar refractivity (Wildman–Crippen MR) is 113 cm³/mol. The molecule has 0 aliphatic carbocycles. The summed E-state index contributed by atoms with van der Waals surface area (Å²) in [5.74, 6) is 1.17. The summed E-state index contributed by atoms with van der Waals surface area (Å²) in [6.45, 7) is 8.58. The van der Waals surface area contributed by atoms with Crippen molar-refractivity contribution in [3.05, 3.63) is 29.8 Å². The SMILES string of the molecule is C1CCNCC1.CC(=O)CCc1ccc(OCCCN2CCCCC2)cc1. The summed E-state index contributed by atoms with van der Waals surface area (Å²) in [4.78, 5) is 13.5. The van der Waals surface area contributed by atoms with Gasteiger partial charge in [0, 0.05) is 13.0 Å². The van der Waals surface area contributed by atoms with E-state index in [0.29, 0.717) is 6.42 Å². The molecular weight excluding hydrogens is 336 g/mol. The Kier molecular flexibility index (Phi) is 11.1. The van der Waals surface area contributed by atoms with E-state index in [4.69, 9.17) is 4.74 Å². The Morgan fingerprint density at radius 1 is 1.00 bits per heavy atom. The summed E-state index contributed by atoms with van der Waals surface area (Å²) >= 11 is 0. The molecule has 2 heterocycles. The lowest BCUT2D eigenvalue weighted by Crippen LogP contribution is -2.31. The van der Waals surface area contributed by atoms with Gasteiger partial charge in [-0.25, -0.2) is 0 Å². The first-order valence-electron chi connectivity index (χ1n) is 10.9. The third-order valence-electron chi connectivity index (χ3n) is 5.23. The first kappa shape index (κ1) is 21.9. The lowest BCUT2D eigenvalue weighted by molar-refractivity contribution is -0.116. The normalized spacial score (nSPS) is 17.7. The fraction of sp³-hybridized carbons (Fsp3) is 0.696. The second kappa shape index (κ2) is 13.7. The zero-order valence-electron chi connectivity index (χ0n) is 17.2. The topological polar surface area (TPSA) is 41.6 Å². The van der Waals surface area contributed by atoms with E-state index in [1.807, 2.05) is 12.1 Å². The number of hydrogen-bond donors (Lipinski definition) is 1. The highest BCUT2D eigenvalue weighted by Crippen LogP contribution is 2.14. The molecule has 0 saturated carbocycles. The van der Waals surface area contributed by atoms with E-state index in [9.17, 15) is 4.79 Å². The standard InChI is InChI=1S/C18H27NO2.C5H11N/c1-16(20)6-7-17-8-10-18(11-9-17)21-15-5-14-19-12-3-2-4-13-19;1-2-4-6-5-3-1/h8-11H,2-7,12-15H2,1H3;6H,1-5H2. The molecule has 0 unspecified atom stereocenters. The van der Waals surface area contributed by atoms with Crippen LogP contribution in [0.15, 0.2) is 24.3 Å². The molecule has 2 fully saturated rings. The van der Waals surface area contributed by atoms with Gasteiger partial charge in [0.2, 0.25) is 0 Å². The Morgan fingerprint density at radius 3 is 2.22 bits per heavy atom. The van der Waals surface area contributed by atoms with Crippen LogP contribution >= 0.6 is 0 Å². The van der Waals surface area contributed by atoms with Gasteiger partial charge in [0.1, 0.15) is 11.5 Å². The minimum absolute atomic E-state index is 0.244. The molecule has 27 heavy (non-hydrogen) atoms. The van der Waals surface area contributed by atoms with Gasteiger partial charge in [-0.05, 0) is 89.3 Å². The molecule has 1 aromatic rings. The highest BCUT2D eigenvalue weighted by molar-refractivity contribution is 5.75. The fourth-order valence-corrected chi connectivity index (χ4v) is 3.54.